The van der Waals surface area contributed by atoms with Crippen molar-refractivity contribution in [2.24, 2.45) is 5.73 Å². The summed E-state index contributed by atoms with van der Waals surface area (Å²) in [5.41, 5.74) is 10.0. The summed E-state index contributed by atoms with van der Waals surface area (Å²) in [5, 5.41) is 0. The molecule has 23 heavy (non-hydrogen) atoms. The fourth-order valence-corrected chi connectivity index (χ4v) is 2.70. The Hall–Kier alpha value is -1.80. The number of unbranched alkanes of at least 4 members (excludes halogenated alkanes) is 1. The summed E-state index contributed by atoms with van der Waals surface area (Å²) >= 11 is 0. The molecule has 0 heterocycles. The molecule has 2 rings (SSSR count). The zero-order valence-electron chi connectivity index (χ0n) is 14.4. The standard InChI is InChI=1S/C21H29NO/c1-3-5-14-23-21-12-8-18(9-13-21)15-20(16-22)19-10-6-17(4-2)7-11-19/h6-13,20H,3-5,14-16,22H2,1-2H3. The molecule has 2 aromatic carbocycles. The third-order valence-electron chi connectivity index (χ3n) is 4.32. The first-order valence-electron chi connectivity index (χ1n) is 8.77. The summed E-state index contributed by atoms with van der Waals surface area (Å²) in [6.07, 6.45) is 4.31. The normalized spacial score (nSPS) is 12.1. The van der Waals surface area contributed by atoms with E-state index < -0.39 is 0 Å². The van der Waals surface area contributed by atoms with Crippen molar-refractivity contribution >= 4 is 0 Å². The van der Waals surface area contributed by atoms with Crippen LogP contribution in [0.5, 0.6) is 5.75 Å². The first-order chi connectivity index (χ1) is 11.3. The van der Waals surface area contributed by atoms with Gasteiger partial charge >= 0.3 is 0 Å². The van der Waals surface area contributed by atoms with Crippen LogP contribution in [-0.2, 0) is 12.8 Å². The SMILES string of the molecule is CCCCOc1ccc(CC(CN)c2ccc(CC)cc2)cc1. The Morgan fingerprint density at radius 2 is 1.57 bits per heavy atom. The molecule has 0 saturated heterocycles. The maximum Gasteiger partial charge on any atom is 0.119 e. The van der Waals surface area contributed by atoms with E-state index in [9.17, 15) is 0 Å². The highest BCUT2D eigenvalue weighted by molar-refractivity contribution is 5.31. The summed E-state index contributed by atoms with van der Waals surface area (Å²) in [6.45, 7) is 5.82. The van der Waals surface area contributed by atoms with Crippen molar-refractivity contribution in [1.82, 2.24) is 0 Å². The lowest BCUT2D eigenvalue weighted by molar-refractivity contribution is 0.309. The van der Waals surface area contributed by atoms with Gasteiger partial charge in [0.25, 0.3) is 0 Å². The topological polar surface area (TPSA) is 35.2 Å². The van der Waals surface area contributed by atoms with Gasteiger partial charge in [-0.3, -0.25) is 0 Å². The van der Waals surface area contributed by atoms with Crippen molar-refractivity contribution in [3.8, 4) is 5.75 Å². The van der Waals surface area contributed by atoms with Crippen molar-refractivity contribution < 1.29 is 4.74 Å². The van der Waals surface area contributed by atoms with Crippen molar-refractivity contribution in [3.63, 3.8) is 0 Å². The number of ether oxygens (including phenoxy) is 1. The predicted molar refractivity (Wildman–Crippen MR) is 98.2 cm³/mol. The molecule has 2 aromatic rings. The van der Waals surface area contributed by atoms with Crippen LogP contribution in [0.4, 0.5) is 0 Å². The molecule has 0 aliphatic carbocycles. The Kier molecular flexibility index (Phi) is 7.15. The fourth-order valence-electron chi connectivity index (χ4n) is 2.70. The van der Waals surface area contributed by atoms with Gasteiger partial charge in [0.15, 0.2) is 0 Å². The van der Waals surface area contributed by atoms with Gasteiger partial charge in [-0.1, -0.05) is 56.7 Å². The number of rotatable bonds is 9. The molecule has 1 atom stereocenters. The molecule has 0 aromatic heterocycles. The molecule has 0 aliphatic rings. The quantitative estimate of drug-likeness (QED) is 0.680. The summed E-state index contributed by atoms with van der Waals surface area (Å²) < 4.78 is 5.72. The molecule has 2 heteroatoms. The van der Waals surface area contributed by atoms with Gasteiger partial charge in [0.1, 0.15) is 5.75 Å². The van der Waals surface area contributed by atoms with Crippen molar-refractivity contribution in [1.29, 1.82) is 0 Å². The lowest BCUT2D eigenvalue weighted by Crippen LogP contribution is -2.15. The monoisotopic (exact) mass is 311 g/mol. The number of hydrogen-bond acceptors (Lipinski definition) is 2. The smallest absolute Gasteiger partial charge is 0.119 e. The summed E-state index contributed by atoms with van der Waals surface area (Å²) in [7, 11) is 0. The highest BCUT2D eigenvalue weighted by Crippen LogP contribution is 2.22. The third-order valence-corrected chi connectivity index (χ3v) is 4.32. The molecule has 1 unspecified atom stereocenters. The van der Waals surface area contributed by atoms with Crippen LogP contribution in [-0.4, -0.2) is 13.2 Å². The van der Waals surface area contributed by atoms with E-state index in [0.29, 0.717) is 12.5 Å². The van der Waals surface area contributed by atoms with E-state index in [-0.39, 0.29) is 0 Å². The predicted octanol–water partition coefficient (Wildman–Crippen LogP) is 4.71. The average Bonchev–Trinajstić information content (AvgIpc) is 2.61. The molecular formula is C21H29NO. The van der Waals surface area contributed by atoms with Gasteiger partial charge in [0, 0.05) is 5.92 Å². The molecule has 124 valence electrons. The molecular weight excluding hydrogens is 282 g/mol. The van der Waals surface area contributed by atoms with Crippen LogP contribution in [0.15, 0.2) is 48.5 Å². The van der Waals surface area contributed by atoms with E-state index in [1.54, 1.807) is 0 Å². The minimum absolute atomic E-state index is 0.368. The minimum Gasteiger partial charge on any atom is -0.494 e. The van der Waals surface area contributed by atoms with E-state index in [4.69, 9.17) is 10.5 Å². The van der Waals surface area contributed by atoms with E-state index >= 15 is 0 Å². The molecule has 0 bridgehead atoms. The van der Waals surface area contributed by atoms with Crippen LogP contribution < -0.4 is 10.5 Å². The molecule has 0 spiro atoms. The Labute approximate surface area is 140 Å². The largest absolute Gasteiger partial charge is 0.494 e. The molecule has 0 fully saturated rings. The number of hydrogen-bond donors (Lipinski definition) is 1. The summed E-state index contributed by atoms with van der Waals surface area (Å²) in [5.74, 6) is 1.33. The van der Waals surface area contributed by atoms with Gasteiger partial charge in [-0.05, 0) is 54.6 Å². The van der Waals surface area contributed by atoms with Gasteiger partial charge < -0.3 is 10.5 Å². The van der Waals surface area contributed by atoms with Crippen LogP contribution in [0.2, 0.25) is 0 Å². The lowest BCUT2D eigenvalue weighted by Gasteiger charge is -2.16. The molecule has 0 radical (unpaired) electrons. The Morgan fingerprint density at radius 3 is 2.13 bits per heavy atom. The third kappa shape index (κ3) is 5.40. The van der Waals surface area contributed by atoms with Gasteiger partial charge in [-0.25, -0.2) is 0 Å². The first kappa shape index (κ1) is 17.6. The highest BCUT2D eigenvalue weighted by atomic mass is 16.5. The zero-order chi connectivity index (χ0) is 16.5. The molecule has 2 N–H and O–H groups in total. The lowest BCUT2D eigenvalue weighted by atomic mass is 9.91. The molecule has 0 aliphatic heterocycles. The second kappa shape index (κ2) is 9.36. The van der Waals surface area contributed by atoms with Gasteiger partial charge in [-0.15, -0.1) is 0 Å². The summed E-state index contributed by atoms with van der Waals surface area (Å²) in [4.78, 5) is 0. The van der Waals surface area contributed by atoms with Crippen molar-refractivity contribution in [2.75, 3.05) is 13.2 Å². The van der Waals surface area contributed by atoms with Crippen LogP contribution >= 0.6 is 0 Å². The molecule has 0 saturated carbocycles. The van der Waals surface area contributed by atoms with E-state index in [1.165, 1.54) is 16.7 Å². The van der Waals surface area contributed by atoms with Crippen LogP contribution in [0, 0.1) is 0 Å². The summed E-state index contributed by atoms with van der Waals surface area (Å²) in [6, 6.07) is 17.3. The van der Waals surface area contributed by atoms with Gasteiger partial charge in [-0.2, -0.15) is 0 Å². The minimum atomic E-state index is 0.368. The van der Waals surface area contributed by atoms with Gasteiger partial charge in [0.05, 0.1) is 6.61 Å². The second-order valence-corrected chi connectivity index (χ2v) is 6.08. The van der Waals surface area contributed by atoms with E-state index in [0.717, 1.165) is 38.0 Å². The zero-order valence-corrected chi connectivity index (χ0v) is 14.4. The fraction of sp³-hybridized carbons (Fsp3) is 0.429. The Bertz CT molecular complexity index is 559. The van der Waals surface area contributed by atoms with Crippen LogP contribution in [0.3, 0.4) is 0 Å². The van der Waals surface area contributed by atoms with Crippen LogP contribution in [0.1, 0.15) is 49.3 Å². The van der Waals surface area contributed by atoms with Crippen molar-refractivity contribution in [3.05, 3.63) is 65.2 Å². The van der Waals surface area contributed by atoms with Crippen LogP contribution in [0.25, 0.3) is 0 Å². The molecule has 0 amide bonds. The van der Waals surface area contributed by atoms with Gasteiger partial charge in [0.2, 0.25) is 0 Å². The number of benzene rings is 2. The van der Waals surface area contributed by atoms with E-state index in [1.807, 2.05) is 0 Å². The first-order valence-corrected chi connectivity index (χ1v) is 8.77. The average molecular weight is 311 g/mol. The molecule has 2 nitrogen and oxygen atoms in total. The maximum absolute atomic E-state index is 6.01. The number of nitrogens with two attached hydrogens (primary N) is 1. The maximum atomic E-state index is 6.01. The van der Waals surface area contributed by atoms with Crippen molar-refractivity contribution in [2.45, 2.75) is 45.4 Å². The van der Waals surface area contributed by atoms with E-state index in [2.05, 4.69) is 62.4 Å². The second-order valence-electron chi connectivity index (χ2n) is 6.08. The Morgan fingerprint density at radius 1 is 0.913 bits per heavy atom. The Balaban J connectivity index is 1.97. The highest BCUT2D eigenvalue weighted by Gasteiger charge is 2.11. The number of aryl methyl sites for hydroxylation is 1.